The van der Waals surface area contributed by atoms with E-state index in [0.29, 0.717) is 12.8 Å². The number of rotatable bonds is 3. The molecule has 2 N–H and O–H groups in total. The highest BCUT2D eigenvalue weighted by molar-refractivity contribution is 5.70. The Morgan fingerprint density at radius 2 is 2.25 bits per heavy atom. The Hall–Kier alpha value is -0.610. The third-order valence-corrected chi connectivity index (χ3v) is 2.47. The van der Waals surface area contributed by atoms with Gasteiger partial charge in [-0.2, -0.15) is 0 Å². The van der Waals surface area contributed by atoms with Gasteiger partial charge >= 0.3 is 5.97 Å². The number of ether oxygens (including phenoxy) is 1. The van der Waals surface area contributed by atoms with Crippen LogP contribution in [0.25, 0.3) is 0 Å². The second-order valence-corrected chi connectivity index (χ2v) is 3.23. The monoisotopic (exact) mass is 174 g/mol. The standard InChI is InChI=1S/C8H14O4/c1-12-8(11)6-3-2-5(4-6)7(9)10/h5-6,8,11H,2-4H2,1H3,(H,9,10)/t5-,6+,8?/m0/s1. The quantitative estimate of drug-likeness (QED) is 0.610. The van der Waals surface area contributed by atoms with E-state index in [1.807, 2.05) is 0 Å². The van der Waals surface area contributed by atoms with E-state index in [1.165, 1.54) is 7.11 Å². The molecule has 1 aliphatic rings. The maximum atomic E-state index is 10.5. The minimum absolute atomic E-state index is 0.00361. The van der Waals surface area contributed by atoms with Gasteiger partial charge in [0.2, 0.25) is 0 Å². The van der Waals surface area contributed by atoms with Crippen molar-refractivity contribution in [2.45, 2.75) is 25.6 Å². The predicted octanol–water partition coefficient (Wildman–Crippen LogP) is 0.452. The van der Waals surface area contributed by atoms with Gasteiger partial charge in [0.1, 0.15) is 0 Å². The summed E-state index contributed by atoms with van der Waals surface area (Å²) in [6.45, 7) is 0. The Kier molecular flexibility index (Phi) is 3.05. The predicted molar refractivity (Wildman–Crippen MR) is 41.5 cm³/mol. The second-order valence-electron chi connectivity index (χ2n) is 3.23. The number of carboxylic acid groups (broad SMARTS) is 1. The van der Waals surface area contributed by atoms with E-state index in [9.17, 15) is 9.90 Å². The van der Waals surface area contributed by atoms with Crippen molar-refractivity contribution in [2.24, 2.45) is 11.8 Å². The van der Waals surface area contributed by atoms with Gasteiger partial charge in [-0.1, -0.05) is 0 Å². The molecule has 0 saturated heterocycles. The summed E-state index contributed by atoms with van der Waals surface area (Å²) in [5.41, 5.74) is 0. The molecule has 0 aromatic rings. The van der Waals surface area contributed by atoms with Crippen LogP contribution in [-0.4, -0.2) is 29.6 Å². The Bertz CT molecular complexity index is 168. The number of aliphatic carboxylic acids is 1. The van der Waals surface area contributed by atoms with Crippen LogP contribution in [0, 0.1) is 11.8 Å². The molecule has 4 nitrogen and oxygen atoms in total. The van der Waals surface area contributed by atoms with E-state index in [1.54, 1.807) is 0 Å². The van der Waals surface area contributed by atoms with Gasteiger partial charge in [0.15, 0.2) is 6.29 Å². The molecular formula is C8H14O4. The molecule has 1 unspecified atom stereocenters. The Labute approximate surface area is 71.2 Å². The first kappa shape index (κ1) is 9.48. The second kappa shape index (κ2) is 3.87. The third-order valence-electron chi connectivity index (χ3n) is 2.47. The fourth-order valence-corrected chi connectivity index (χ4v) is 1.69. The zero-order valence-electron chi connectivity index (χ0n) is 7.06. The van der Waals surface area contributed by atoms with E-state index in [0.717, 1.165) is 6.42 Å². The molecule has 0 radical (unpaired) electrons. The van der Waals surface area contributed by atoms with Gasteiger partial charge in [-0.3, -0.25) is 4.79 Å². The van der Waals surface area contributed by atoms with Crippen LogP contribution in [0.3, 0.4) is 0 Å². The minimum Gasteiger partial charge on any atom is -0.481 e. The number of aliphatic hydroxyl groups excluding tert-OH is 1. The molecule has 0 aromatic carbocycles. The van der Waals surface area contributed by atoms with Crippen LogP contribution in [0.15, 0.2) is 0 Å². The van der Waals surface area contributed by atoms with Crippen molar-refractivity contribution >= 4 is 5.97 Å². The van der Waals surface area contributed by atoms with Gasteiger partial charge in [0.25, 0.3) is 0 Å². The van der Waals surface area contributed by atoms with Gasteiger partial charge in [-0.05, 0) is 19.3 Å². The maximum Gasteiger partial charge on any atom is 0.306 e. The summed E-state index contributed by atoms with van der Waals surface area (Å²) >= 11 is 0. The molecule has 4 heteroatoms. The molecule has 1 rings (SSSR count). The lowest BCUT2D eigenvalue weighted by molar-refractivity contribution is -0.142. The SMILES string of the molecule is COC(O)[C@@H]1CC[C@H](C(=O)O)C1. The topological polar surface area (TPSA) is 66.8 Å². The van der Waals surface area contributed by atoms with E-state index < -0.39 is 12.3 Å². The van der Waals surface area contributed by atoms with Crippen molar-refractivity contribution in [3.05, 3.63) is 0 Å². The third kappa shape index (κ3) is 1.95. The smallest absolute Gasteiger partial charge is 0.306 e. The molecule has 1 aliphatic carbocycles. The van der Waals surface area contributed by atoms with Crippen LogP contribution in [0.2, 0.25) is 0 Å². The van der Waals surface area contributed by atoms with E-state index in [4.69, 9.17) is 9.84 Å². The normalized spacial score (nSPS) is 31.8. The van der Waals surface area contributed by atoms with E-state index in [-0.39, 0.29) is 11.8 Å². The number of hydrogen-bond donors (Lipinski definition) is 2. The van der Waals surface area contributed by atoms with Gasteiger partial charge < -0.3 is 14.9 Å². The van der Waals surface area contributed by atoms with Gasteiger partial charge in [-0.25, -0.2) is 0 Å². The number of hydrogen-bond acceptors (Lipinski definition) is 3. The van der Waals surface area contributed by atoms with Crippen molar-refractivity contribution in [1.82, 2.24) is 0 Å². The summed E-state index contributed by atoms with van der Waals surface area (Å²) in [4.78, 5) is 10.5. The summed E-state index contributed by atoms with van der Waals surface area (Å²) < 4.78 is 4.72. The number of carboxylic acids is 1. The van der Waals surface area contributed by atoms with Crippen molar-refractivity contribution in [1.29, 1.82) is 0 Å². The molecule has 0 spiro atoms. The zero-order chi connectivity index (χ0) is 9.14. The molecular weight excluding hydrogens is 160 g/mol. The number of carbonyl (C=O) groups is 1. The number of methoxy groups -OCH3 is 1. The van der Waals surface area contributed by atoms with Crippen LogP contribution in [0.5, 0.6) is 0 Å². The lowest BCUT2D eigenvalue weighted by Gasteiger charge is -2.15. The zero-order valence-corrected chi connectivity index (χ0v) is 7.06. The molecule has 0 aliphatic heterocycles. The number of aliphatic hydroxyl groups is 1. The summed E-state index contributed by atoms with van der Waals surface area (Å²) in [5.74, 6) is -1.06. The first-order valence-electron chi connectivity index (χ1n) is 4.08. The lowest BCUT2D eigenvalue weighted by Crippen LogP contribution is -2.20. The molecule has 1 fully saturated rings. The van der Waals surface area contributed by atoms with E-state index >= 15 is 0 Å². The average Bonchev–Trinajstić information content (AvgIpc) is 2.51. The highest BCUT2D eigenvalue weighted by atomic mass is 16.6. The van der Waals surface area contributed by atoms with Gasteiger partial charge in [-0.15, -0.1) is 0 Å². The van der Waals surface area contributed by atoms with Crippen LogP contribution in [-0.2, 0) is 9.53 Å². The molecule has 0 aromatic heterocycles. The molecule has 1 saturated carbocycles. The van der Waals surface area contributed by atoms with Crippen LogP contribution < -0.4 is 0 Å². The van der Waals surface area contributed by atoms with Crippen molar-refractivity contribution in [3.63, 3.8) is 0 Å². The van der Waals surface area contributed by atoms with Crippen molar-refractivity contribution < 1.29 is 19.7 Å². The Morgan fingerprint density at radius 3 is 2.67 bits per heavy atom. The first-order chi connectivity index (χ1) is 5.65. The molecule has 3 atom stereocenters. The van der Waals surface area contributed by atoms with Crippen LogP contribution in [0.4, 0.5) is 0 Å². The highest BCUT2D eigenvalue weighted by Crippen LogP contribution is 2.33. The molecule has 12 heavy (non-hydrogen) atoms. The molecule has 0 heterocycles. The average molecular weight is 174 g/mol. The van der Waals surface area contributed by atoms with Crippen molar-refractivity contribution in [2.75, 3.05) is 7.11 Å². The minimum atomic E-state index is -0.797. The first-order valence-corrected chi connectivity index (χ1v) is 4.08. The summed E-state index contributed by atoms with van der Waals surface area (Å²) in [6.07, 6.45) is 1.13. The lowest BCUT2D eigenvalue weighted by atomic mass is 10.1. The maximum absolute atomic E-state index is 10.5. The summed E-state index contributed by atoms with van der Waals surface area (Å²) in [6, 6.07) is 0. The summed E-state index contributed by atoms with van der Waals surface area (Å²) in [7, 11) is 1.43. The van der Waals surface area contributed by atoms with Crippen LogP contribution in [0.1, 0.15) is 19.3 Å². The van der Waals surface area contributed by atoms with Crippen molar-refractivity contribution in [3.8, 4) is 0 Å². The molecule has 70 valence electrons. The van der Waals surface area contributed by atoms with Gasteiger partial charge in [0.05, 0.1) is 5.92 Å². The summed E-state index contributed by atoms with van der Waals surface area (Å²) in [5, 5.41) is 17.9. The Balaban J connectivity index is 2.40. The largest absolute Gasteiger partial charge is 0.481 e. The van der Waals surface area contributed by atoms with E-state index in [2.05, 4.69) is 0 Å². The fraction of sp³-hybridized carbons (Fsp3) is 0.875. The van der Waals surface area contributed by atoms with Crippen LogP contribution >= 0.6 is 0 Å². The Morgan fingerprint density at radius 1 is 1.58 bits per heavy atom. The highest BCUT2D eigenvalue weighted by Gasteiger charge is 2.33. The van der Waals surface area contributed by atoms with Gasteiger partial charge in [0, 0.05) is 13.0 Å². The molecule has 0 bridgehead atoms. The fourth-order valence-electron chi connectivity index (χ4n) is 1.69. The molecule has 0 amide bonds.